The molecule has 1 N–H and O–H groups in total. The van der Waals surface area contributed by atoms with Gasteiger partial charge in [0.2, 0.25) is 5.91 Å². The van der Waals surface area contributed by atoms with Crippen LogP contribution >= 0.6 is 12.4 Å². The number of hydrogen-bond donors (Lipinski definition) is 1. The van der Waals surface area contributed by atoms with E-state index >= 15 is 0 Å². The van der Waals surface area contributed by atoms with E-state index in [-0.39, 0.29) is 12.4 Å². The number of likely N-dealkylation sites (tertiary alicyclic amines) is 1. The SMILES string of the molecule is CCC1(C)CCN(C(=O)CC2CCNCC2)CC1.Cl. The summed E-state index contributed by atoms with van der Waals surface area (Å²) in [4.78, 5) is 14.4. The monoisotopic (exact) mass is 288 g/mol. The molecule has 4 heteroatoms. The molecule has 0 aromatic heterocycles. The zero-order valence-corrected chi connectivity index (χ0v) is 13.2. The van der Waals surface area contributed by atoms with Crippen molar-refractivity contribution >= 4 is 18.3 Å². The Labute approximate surface area is 123 Å². The summed E-state index contributed by atoms with van der Waals surface area (Å²) in [5.41, 5.74) is 0.478. The molecule has 112 valence electrons. The van der Waals surface area contributed by atoms with Crippen molar-refractivity contribution in [2.45, 2.75) is 52.4 Å². The van der Waals surface area contributed by atoms with E-state index < -0.39 is 0 Å². The first-order valence-corrected chi connectivity index (χ1v) is 7.61. The minimum Gasteiger partial charge on any atom is -0.343 e. The number of nitrogens with zero attached hydrogens (tertiary/aromatic N) is 1. The molecule has 0 aromatic carbocycles. The van der Waals surface area contributed by atoms with Gasteiger partial charge >= 0.3 is 0 Å². The van der Waals surface area contributed by atoms with Crippen LogP contribution in [-0.4, -0.2) is 37.0 Å². The Hall–Kier alpha value is -0.280. The Kier molecular flexibility index (Phi) is 6.61. The highest BCUT2D eigenvalue weighted by atomic mass is 35.5. The summed E-state index contributed by atoms with van der Waals surface area (Å²) in [6.45, 7) is 8.77. The maximum absolute atomic E-state index is 12.3. The van der Waals surface area contributed by atoms with Crippen molar-refractivity contribution in [3.63, 3.8) is 0 Å². The second kappa shape index (κ2) is 7.49. The Morgan fingerprint density at radius 2 is 1.84 bits per heavy atom. The molecule has 2 fully saturated rings. The highest BCUT2D eigenvalue weighted by molar-refractivity contribution is 5.85. The number of piperidine rings is 2. The van der Waals surface area contributed by atoms with E-state index in [1.54, 1.807) is 0 Å². The third kappa shape index (κ3) is 4.64. The van der Waals surface area contributed by atoms with E-state index in [9.17, 15) is 4.79 Å². The average Bonchev–Trinajstić information content (AvgIpc) is 2.40. The molecule has 2 heterocycles. The predicted octanol–water partition coefficient (Wildman–Crippen LogP) is 2.84. The molecular formula is C15H29ClN2O. The lowest BCUT2D eigenvalue weighted by Gasteiger charge is -2.39. The molecule has 2 rings (SSSR count). The third-order valence-corrected chi connectivity index (χ3v) is 5.10. The zero-order chi connectivity index (χ0) is 13.0. The quantitative estimate of drug-likeness (QED) is 0.866. The molecule has 0 unspecified atom stereocenters. The minimum absolute atomic E-state index is 0. The van der Waals surface area contributed by atoms with Crippen LogP contribution in [0.15, 0.2) is 0 Å². The molecule has 0 aromatic rings. The smallest absolute Gasteiger partial charge is 0.222 e. The second-order valence-corrected chi connectivity index (χ2v) is 6.44. The maximum atomic E-state index is 12.3. The minimum atomic E-state index is 0. The molecule has 2 aliphatic heterocycles. The van der Waals surface area contributed by atoms with Gasteiger partial charge in [0.1, 0.15) is 0 Å². The van der Waals surface area contributed by atoms with Crippen molar-refractivity contribution < 1.29 is 4.79 Å². The van der Waals surface area contributed by atoms with E-state index in [2.05, 4.69) is 24.1 Å². The first kappa shape index (κ1) is 16.8. The molecular weight excluding hydrogens is 260 g/mol. The molecule has 0 spiro atoms. The summed E-state index contributed by atoms with van der Waals surface area (Å²) in [6, 6.07) is 0. The second-order valence-electron chi connectivity index (χ2n) is 6.44. The number of amides is 1. The van der Waals surface area contributed by atoms with Gasteiger partial charge in [-0.2, -0.15) is 0 Å². The van der Waals surface area contributed by atoms with Crippen molar-refractivity contribution in [2.75, 3.05) is 26.2 Å². The normalized spacial score (nSPS) is 23.8. The Bertz CT molecular complexity index is 282. The summed E-state index contributed by atoms with van der Waals surface area (Å²) >= 11 is 0. The molecule has 2 saturated heterocycles. The van der Waals surface area contributed by atoms with Gasteiger partial charge in [0.15, 0.2) is 0 Å². The molecule has 0 radical (unpaired) electrons. The van der Waals surface area contributed by atoms with Gasteiger partial charge in [0, 0.05) is 19.5 Å². The van der Waals surface area contributed by atoms with Gasteiger partial charge in [-0.1, -0.05) is 20.3 Å². The van der Waals surface area contributed by atoms with Crippen LogP contribution in [0, 0.1) is 11.3 Å². The molecule has 0 atom stereocenters. The maximum Gasteiger partial charge on any atom is 0.222 e. The Balaban J connectivity index is 0.00000180. The highest BCUT2D eigenvalue weighted by Crippen LogP contribution is 2.34. The third-order valence-electron chi connectivity index (χ3n) is 5.10. The van der Waals surface area contributed by atoms with Gasteiger partial charge in [-0.25, -0.2) is 0 Å². The molecule has 0 saturated carbocycles. The lowest BCUT2D eigenvalue weighted by Crippen LogP contribution is -2.43. The molecule has 0 aliphatic carbocycles. The van der Waals surface area contributed by atoms with Crippen molar-refractivity contribution in [3.05, 3.63) is 0 Å². The van der Waals surface area contributed by atoms with Crippen LogP contribution in [0.2, 0.25) is 0 Å². The molecule has 3 nitrogen and oxygen atoms in total. The summed E-state index contributed by atoms with van der Waals surface area (Å²) in [7, 11) is 0. The van der Waals surface area contributed by atoms with E-state index in [0.29, 0.717) is 17.2 Å². The van der Waals surface area contributed by atoms with E-state index in [1.807, 2.05) is 0 Å². The number of nitrogens with one attached hydrogen (secondary N) is 1. The van der Waals surface area contributed by atoms with Crippen molar-refractivity contribution in [1.29, 1.82) is 0 Å². The van der Waals surface area contributed by atoms with E-state index in [4.69, 9.17) is 0 Å². The summed E-state index contributed by atoms with van der Waals surface area (Å²) in [5.74, 6) is 1.03. The number of carbonyl (C=O) groups excluding carboxylic acids is 1. The van der Waals surface area contributed by atoms with Gasteiger partial charge in [-0.05, 0) is 50.1 Å². The fourth-order valence-corrected chi connectivity index (χ4v) is 3.11. The molecule has 1 amide bonds. The standard InChI is InChI=1S/C15H28N2O.ClH/c1-3-15(2)6-10-17(11-7-15)14(18)12-13-4-8-16-9-5-13;/h13,16H,3-12H2,1-2H3;1H. The first-order valence-electron chi connectivity index (χ1n) is 7.61. The highest BCUT2D eigenvalue weighted by Gasteiger charge is 2.31. The van der Waals surface area contributed by atoms with Crippen LogP contribution in [0.25, 0.3) is 0 Å². The predicted molar refractivity (Wildman–Crippen MR) is 81.7 cm³/mol. The van der Waals surface area contributed by atoms with Crippen molar-refractivity contribution in [3.8, 4) is 0 Å². The molecule has 19 heavy (non-hydrogen) atoms. The fraction of sp³-hybridized carbons (Fsp3) is 0.933. The van der Waals surface area contributed by atoms with Crippen LogP contribution in [0.5, 0.6) is 0 Å². The van der Waals surface area contributed by atoms with Crippen molar-refractivity contribution in [2.24, 2.45) is 11.3 Å². The number of carbonyl (C=O) groups is 1. The van der Waals surface area contributed by atoms with Crippen LogP contribution < -0.4 is 5.32 Å². The van der Waals surface area contributed by atoms with E-state index in [1.165, 1.54) is 32.1 Å². The summed E-state index contributed by atoms with van der Waals surface area (Å²) in [5, 5.41) is 3.36. The summed E-state index contributed by atoms with van der Waals surface area (Å²) in [6.07, 6.45) is 6.73. The lowest BCUT2D eigenvalue weighted by atomic mass is 9.78. The lowest BCUT2D eigenvalue weighted by molar-refractivity contribution is -0.134. The van der Waals surface area contributed by atoms with E-state index in [0.717, 1.165) is 32.6 Å². The number of rotatable bonds is 3. The topological polar surface area (TPSA) is 32.3 Å². The van der Waals surface area contributed by atoms with Crippen LogP contribution in [0.4, 0.5) is 0 Å². The van der Waals surface area contributed by atoms with Crippen LogP contribution in [-0.2, 0) is 4.79 Å². The molecule has 0 bridgehead atoms. The van der Waals surface area contributed by atoms with Gasteiger partial charge in [-0.15, -0.1) is 12.4 Å². The summed E-state index contributed by atoms with van der Waals surface area (Å²) < 4.78 is 0. The number of halogens is 1. The van der Waals surface area contributed by atoms with Crippen LogP contribution in [0.3, 0.4) is 0 Å². The van der Waals surface area contributed by atoms with Crippen LogP contribution in [0.1, 0.15) is 52.4 Å². The molecule has 2 aliphatic rings. The first-order chi connectivity index (χ1) is 8.63. The zero-order valence-electron chi connectivity index (χ0n) is 12.4. The van der Waals surface area contributed by atoms with Crippen molar-refractivity contribution in [1.82, 2.24) is 10.2 Å². The van der Waals surface area contributed by atoms with Gasteiger partial charge in [0.05, 0.1) is 0 Å². The average molecular weight is 289 g/mol. The Morgan fingerprint density at radius 3 is 2.37 bits per heavy atom. The Morgan fingerprint density at radius 1 is 1.26 bits per heavy atom. The largest absolute Gasteiger partial charge is 0.343 e. The number of hydrogen-bond acceptors (Lipinski definition) is 2. The van der Waals surface area contributed by atoms with Gasteiger partial charge < -0.3 is 10.2 Å². The van der Waals surface area contributed by atoms with Gasteiger partial charge in [0.25, 0.3) is 0 Å². The fourth-order valence-electron chi connectivity index (χ4n) is 3.11. The van der Waals surface area contributed by atoms with Gasteiger partial charge in [-0.3, -0.25) is 4.79 Å².